The first-order chi connectivity index (χ1) is 10.7. The van der Waals surface area contributed by atoms with Gasteiger partial charge in [-0.3, -0.25) is 0 Å². The van der Waals surface area contributed by atoms with E-state index in [4.69, 9.17) is 0 Å². The summed E-state index contributed by atoms with van der Waals surface area (Å²) in [6, 6.07) is 23.0. The van der Waals surface area contributed by atoms with E-state index in [1.165, 1.54) is 22.0 Å². The van der Waals surface area contributed by atoms with Crippen LogP contribution in [0.5, 0.6) is 0 Å². The smallest absolute Gasteiger partial charge is 0.0477 e. The van der Waals surface area contributed by atoms with Gasteiger partial charge in [-0.15, -0.1) is 0 Å². The largest absolute Gasteiger partial charge is 0.357 e. The minimum absolute atomic E-state index is 1.28. The van der Waals surface area contributed by atoms with Crippen molar-refractivity contribution < 1.29 is 0 Å². The van der Waals surface area contributed by atoms with E-state index in [9.17, 15) is 0 Å². The van der Waals surface area contributed by atoms with Gasteiger partial charge in [0.15, 0.2) is 0 Å². The van der Waals surface area contributed by atoms with Crippen molar-refractivity contribution in [1.29, 1.82) is 0 Å². The topological polar surface area (TPSA) is 9.86 Å². The lowest BCUT2D eigenvalue weighted by atomic mass is 10.1. The molecule has 0 spiro atoms. The molecule has 4 rings (SSSR count). The van der Waals surface area contributed by atoms with Gasteiger partial charge in [0.2, 0.25) is 0 Å². The van der Waals surface area contributed by atoms with Crippen LogP contribution in [0.4, 0.5) is 0 Å². The Morgan fingerprint density at radius 3 is 2.05 bits per heavy atom. The third-order valence-corrected chi connectivity index (χ3v) is 3.73. The highest BCUT2D eigenvalue weighted by Gasteiger charge is 1.95. The van der Waals surface area contributed by atoms with Gasteiger partial charge >= 0.3 is 0 Å². The average Bonchev–Trinajstić information content (AvgIpc) is 3.16. The zero-order valence-electron chi connectivity index (χ0n) is 13.0. The summed E-state index contributed by atoms with van der Waals surface area (Å²) in [6.45, 7) is 0. The number of rotatable bonds is 1. The Morgan fingerprint density at radius 1 is 0.636 bits per heavy atom. The van der Waals surface area contributed by atoms with E-state index in [0.717, 1.165) is 0 Å². The quantitative estimate of drug-likeness (QED) is 0.473. The molecular formula is C20H20N2. The van der Waals surface area contributed by atoms with Crippen LogP contribution in [0.2, 0.25) is 0 Å². The number of hydrogen-bond acceptors (Lipinski definition) is 0. The van der Waals surface area contributed by atoms with Crippen LogP contribution in [0.3, 0.4) is 0 Å². The van der Waals surface area contributed by atoms with E-state index >= 15 is 0 Å². The Hall–Kier alpha value is -2.74. The SMILES string of the molecule is Cn1ccc(-c2ccccc2)c1.Cn1ccc2ccccc21. The van der Waals surface area contributed by atoms with Crippen molar-refractivity contribution in [2.75, 3.05) is 0 Å². The summed E-state index contributed by atoms with van der Waals surface area (Å²) in [7, 11) is 4.09. The second-order valence-electron chi connectivity index (χ2n) is 5.42. The molecule has 0 amide bonds. The molecule has 0 N–H and O–H groups in total. The normalized spacial score (nSPS) is 10.3. The monoisotopic (exact) mass is 288 g/mol. The van der Waals surface area contributed by atoms with Gasteiger partial charge in [-0.25, -0.2) is 0 Å². The van der Waals surface area contributed by atoms with Crippen molar-refractivity contribution in [2.24, 2.45) is 14.1 Å². The summed E-state index contributed by atoms with van der Waals surface area (Å²) in [5.41, 5.74) is 3.85. The van der Waals surface area contributed by atoms with Gasteiger partial charge in [-0.1, -0.05) is 48.5 Å². The first kappa shape index (κ1) is 14.2. The summed E-state index contributed by atoms with van der Waals surface area (Å²) in [5.74, 6) is 0. The van der Waals surface area contributed by atoms with Crippen LogP contribution >= 0.6 is 0 Å². The number of nitrogens with zero attached hydrogens (tertiary/aromatic N) is 2. The third-order valence-electron chi connectivity index (χ3n) is 3.73. The van der Waals surface area contributed by atoms with Crippen LogP contribution in [0.15, 0.2) is 85.3 Å². The Balaban J connectivity index is 0.000000133. The van der Waals surface area contributed by atoms with Crippen LogP contribution in [-0.4, -0.2) is 9.13 Å². The summed E-state index contributed by atoms with van der Waals surface area (Å²) >= 11 is 0. The van der Waals surface area contributed by atoms with Gasteiger partial charge in [-0.2, -0.15) is 0 Å². The number of aromatic nitrogens is 2. The molecule has 4 aromatic rings. The van der Waals surface area contributed by atoms with Crippen LogP contribution in [-0.2, 0) is 14.1 Å². The predicted octanol–water partition coefficient (Wildman–Crippen LogP) is 4.87. The van der Waals surface area contributed by atoms with Crippen LogP contribution in [0, 0.1) is 0 Å². The Morgan fingerprint density at radius 2 is 1.36 bits per heavy atom. The fourth-order valence-electron chi connectivity index (χ4n) is 2.53. The average molecular weight is 288 g/mol. The second kappa shape index (κ2) is 6.35. The molecule has 0 aliphatic carbocycles. The highest BCUT2D eigenvalue weighted by Crippen LogP contribution is 2.18. The lowest BCUT2D eigenvalue weighted by Gasteiger charge is -1.94. The third kappa shape index (κ3) is 3.12. The zero-order valence-corrected chi connectivity index (χ0v) is 13.0. The van der Waals surface area contributed by atoms with Gasteiger partial charge in [0.1, 0.15) is 0 Å². The molecule has 2 aromatic heterocycles. The number of para-hydroxylation sites is 1. The van der Waals surface area contributed by atoms with E-state index in [2.05, 4.69) is 95.4 Å². The maximum absolute atomic E-state index is 2.12. The molecule has 2 heteroatoms. The van der Waals surface area contributed by atoms with E-state index in [0.29, 0.717) is 0 Å². The summed E-state index contributed by atoms with van der Waals surface area (Å²) < 4.78 is 4.18. The van der Waals surface area contributed by atoms with Gasteiger partial charge < -0.3 is 9.13 Å². The van der Waals surface area contributed by atoms with Gasteiger partial charge in [0.25, 0.3) is 0 Å². The molecule has 2 heterocycles. The molecule has 0 saturated carbocycles. The fraction of sp³-hybridized carbons (Fsp3) is 0.100. The molecule has 0 fully saturated rings. The van der Waals surface area contributed by atoms with Crippen molar-refractivity contribution in [3.05, 3.63) is 85.3 Å². The molecule has 0 saturated heterocycles. The number of hydrogen-bond donors (Lipinski definition) is 0. The van der Waals surface area contributed by atoms with Crippen molar-refractivity contribution in [1.82, 2.24) is 9.13 Å². The lowest BCUT2D eigenvalue weighted by molar-refractivity contribution is 0.928. The molecule has 22 heavy (non-hydrogen) atoms. The van der Waals surface area contributed by atoms with Crippen molar-refractivity contribution >= 4 is 10.9 Å². The Labute approximate surface area is 131 Å². The fourth-order valence-corrected chi connectivity index (χ4v) is 2.53. The summed E-state index contributed by atoms with van der Waals surface area (Å²) in [5, 5.41) is 1.31. The molecule has 110 valence electrons. The molecule has 0 aliphatic rings. The Bertz CT molecular complexity index is 853. The second-order valence-corrected chi connectivity index (χ2v) is 5.42. The molecule has 0 unspecified atom stereocenters. The van der Waals surface area contributed by atoms with Crippen LogP contribution < -0.4 is 0 Å². The number of benzene rings is 2. The van der Waals surface area contributed by atoms with Crippen LogP contribution in [0.25, 0.3) is 22.0 Å². The van der Waals surface area contributed by atoms with E-state index in [-0.39, 0.29) is 0 Å². The van der Waals surface area contributed by atoms with E-state index in [1.54, 1.807) is 0 Å². The standard InChI is InChI=1S/C11H11N.C9H9N/c1-12-8-7-11(9-12)10-5-3-2-4-6-10;1-10-7-6-8-4-2-3-5-9(8)10/h2-9H,1H3;2-7H,1H3. The summed E-state index contributed by atoms with van der Waals surface area (Å²) in [4.78, 5) is 0. The van der Waals surface area contributed by atoms with Crippen LogP contribution in [0.1, 0.15) is 0 Å². The van der Waals surface area contributed by atoms with E-state index in [1.807, 2.05) is 13.1 Å². The molecule has 0 atom stereocenters. The van der Waals surface area contributed by atoms with Gasteiger partial charge in [0, 0.05) is 38.2 Å². The maximum Gasteiger partial charge on any atom is 0.0477 e. The first-order valence-electron chi connectivity index (χ1n) is 7.41. The van der Waals surface area contributed by atoms with Crippen molar-refractivity contribution in [2.45, 2.75) is 0 Å². The van der Waals surface area contributed by atoms with Crippen molar-refractivity contribution in [3.8, 4) is 11.1 Å². The van der Waals surface area contributed by atoms with Gasteiger partial charge in [0.05, 0.1) is 0 Å². The summed E-state index contributed by atoms with van der Waals surface area (Å²) in [6.07, 6.45) is 6.25. The first-order valence-corrected chi connectivity index (χ1v) is 7.41. The highest BCUT2D eigenvalue weighted by molar-refractivity contribution is 5.79. The molecule has 0 bridgehead atoms. The lowest BCUT2D eigenvalue weighted by Crippen LogP contribution is -1.81. The molecule has 0 aliphatic heterocycles. The highest BCUT2D eigenvalue weighted by atomic mass is 14.9. The van der Waals surface area contributed by atoms with E-state index < -0.39 is 0 Å². The minimum Gasteiger partial charge on any atom is -0.357 e. The maximum atomic E-state index is 2.12. The molecule has 2 aromatic carbocycles. The number of fused-ring (bicyclic) bond motifs is 1. The number of aryl methyl sites for hydroxylation is 2. The zero-order chi connectivity index (χ0) is 15.4. The molecule has 2 nitrogen and oxygen atoms in total. The minimum atomic E-state index is 1.28. The molecule has 0 radical (unpaired) electrons. The molecular weight excluding hydrogens is 268 g/mol. The van der Waals surface area contributed by atoms with Crippen molar-refractivity contribution in [3.63, 3.8) is 0 Å². The Kier molecular flexibility index (Phi) is 4.10. The predicted molar refractivity (Wildman–Crippen MR) is 93.8 cm³/mol. The van der Waals surface area contributed by atoms with Gasteiger partial charge in [-0.05, 0) is 34.7 Å².